The summed E-state index contributed by atoms with van der Waals surface area (Å²) in [6, 6.07) is 0. The third kappa shape index (κ3) is 2.35. The Morgan fingerprint density at radius 2 is 2.00 bits per heavy atom. The average Bonchev–Trinajstić information content (AvgIpc) is 2.15. The van der Waals surface area contributed by atoms with Crippen LogP contribution in [0.3, 0.4) is 0 Å². The summed E-state index contributed by atoms with van der Waals surface area (Å²) in [4.78, 5) is 0. The van der Waals surface area contributed by atoms with Crippen molar-refractivity contribution in [3.63, 3.8) is 0 Å². The van der Waals surface area contributed by atoms with Crippen LogP contribution in [-0.2, 0) is 5.11 Å². The van der Waals surface area contributed by atoms with Gasteiger partial charge in [-0.05, 0) is 19.3 Å². The molecule has 0 aromatic rings. The molecule has 1 aliphatic rings. The van der Waals surface area contributed by atoms with Gasteiger partial charge in [-0.2, -0.15) is 0 Å². The van der Waals surface area contributed by atoms with Crippen LogP contribution in [0.1, 0.15) is 39.0 Å². The molecule has 1 nitrogen and oxygen atoms in total. The van der Waals surface area contributed by atoms with Crippen molar-refractivity contribution in [3.8, 4) is 0 Å². The van der Waals surface area contributed by atoms with E-state index in [9.17, 15) is 5.11 Å². The lowest BCUT2D eigenvalue weighted by molar-refractivity contribution is 0.0824. The normalized spacial score (nSPS) is 24.7. The van der Waals surface area contributed by atoms with Gasteiger partial charge in [0.2, 0.25) is 0 Å². The maximum atomic E-state index is 10.7. The van der Waals surface area contributed by atoms with E-state index < -0.39 is 0 Å². The largest absolute Gasteiger partial charge is 0.233 e. The fourth-order valence-corrected chi connectivity index (χ4v) is 1.72. The smallest absolute Gasteiger partial charge is 0.0904 e. The molecule has 1 atom stereocenters. The molecule has 0 heterocycles. The van der Waals surface area contributed by atoms with Crippen LogP contribution in [-0.4, -0.2) is 6.10 Å². The van der Waals surface area contributed by atoms with Crippen molar-refractivity contribution >= 4 is 0 Å². The Morgan fingerprint density at radius 3 is 2.44 bits per heavy atom. The molecule has 0 aliphatic heterocycles. The van der Waals surface area contributed by atoms with Crippen LogP contribution in [0, 0.1) is 5.92 Å². The van der Waals surface area contributed by atoms with Crippen molar-refractivity contribution < 1.29 is 5.11 Å². The zero-order chi connectivity index (χ0) is 6.69. The van der Waals surface area contributed by atoms with Crippen molar-refractivity contribution in [1.82, 2.24) is 0 Å². The second kappa shape index (κ2) is 3.21. The summed E-state index contributed by atoms with van der Waals surface area (Å²) >= 11 is 0. The second-order valence-corrected chi connectivity index (χ2v) is 3.20. The van der Waals surface area contributed by atoms with E-state index >= 15 is 0 Å². The summed E-state index contributed by atoms with van der Waals surface area (Å²) in [5, 5.41) is 10.7. The topological polar surface area (TPSA) is 19.9 Å². The fraction of sp³-hybridized carbons (Fsp3) is 1.00. The van der Waals surface area contributed by atoms with Crippen LogP contribution in [0.25, 0.3) is 0 Å². The molecule has 1 radical (unpaired) electrons. The molecule has 1 fully saturated rings. The quantitative estimate of drug-likeness (QED) is 0.542. The zero-order valence-corrected chi connectivity index (χ0v) is 6.10. The predicted octanol–water partition coefficient (Wildman–Crippen LogP) is 2.39. The Kier molecular flexibility index (Phi) is 2.52. The summed E-state index contributed by atoms with van der Waals surface area (Å²) in [5.41, 5.74) is 0. The van der Waals surface area contributed by atoms with Gasteiger partial charge in [-0.3, -0.25) is 0 Å². The van der Waals surface area contributed by atoms with Crippen LogP contribution in [0.4, 0.5) is 0 Å². The average molecular weight is 127 g/mol. The van der Waals surface area contributed by atoms with Gasteiger partial charge < -0.3 is 0 Å². The van der Waals surface area contributed by atoms with Gasteiger partial charge >= 0.3 is 0 Å². The Bertz CT molecular complexity index is 72.6. The van der Waals surface area contributed by atoms with Crippen LogP contribution in [0.5, 0.6) is 0 Å². The minimum atomic E-state index is -0.326. The van der Waals surface area contributed by atoms with Crippen LogP contribution in [0.2, 0.25) is 0 Å². The minimum Gasteiger partial charge on any atom is -0.233 e. The van der Waals surface area contributed by atoms with Gasteiger partial charge in [-0.15, -0.1) is 0 Å². The molecule has 0 bridgehead atoms. The van der Waals surface area contributed by atoms with E-state index in [1.807, 2.05) is 0 Å². The standard InChI is InChI=1S/C8H15O/c1-7(9)6-8-4-2-3-5-8/h7-8H,2-6H2,1H3. The molecule has 1 saturated carbocycles. The van der Waals surface area contributed by atoms with E-state index in [-0.39, 0.29) is 6.10 Å². The summed E-state index contributed by atoms with van der Waals surface area (Å²) in [7, 11) is 0. The van der Waals surface area contributed by atoms with Crippen molar-refractivity contribution in [2.24, 2.45) is 5.92 Å². The lowest BCUT2D eigenvalue weighted by Gasteiger charge is -2.07. The molecule has 1 unspecified atom stereocenters. The summed E-state index contributed by atoms with van der Waals surface area (Å²) < 4.78 is 0. The molecule has 1 heteroatoms. The highest BCUT2D eigenvalue weighted by Crippen LogP contribution is 2.28. The van der Waals surface area contributed by atoms with E-state index in [1.165, 1.54) is 25.7 Å². The minimum absolute atomic E-state index is 0.326. The molecule has 9 heavy (non-hydrogen) atoms. The lowest BCUT2D eigenvalue weighted by atomic mass is 10.0. The van der Waals surface area contributed by atoms with E-state index in [4.69, 9.17) is 0 Å². The summed E-state index contributed by atoms with van der Waals surface area (Å²) in [6.45, 7) is 1.78. The van der Waals surface area contributed by atoms with Gasteiger partial charge in [0.25, 0.3) is 0 Å². The van der Waals surface area contributed by atoms with Gasteiger partial charge in [-0.1, -0.05) is 25.7 Å². The highest BCUT2D eigenvalue weighted by atomic mass is 16.3. The maximum absolute atomic E-state index is 10.7. The molecule has 0 saturated heterocycles. The molecule has 0 N–H and O–H groups in total. The van der Waals surface area contributed by atoms with Crippen molar-refractivity contribution in [2.75, 3.05) is 0 Å². The second-order valence-electron chi connectivity index (χ2n) is 3.20. The van der Waals surface area contributed by atoms with E-state index in [2.05, 4.69) is 0 Å². The molecule has 0 aromatic heterocycles. The summed E-state index contributed by atoms with van der Waals surface area (Å²) in [6.07, 6.45) is 5.93. The van der Waals surface area contributed by atoms with Gasteiger partial charge in [-0.25, -0.2) is 5.11 Å². The number of rotatable bonds is 2. The molecule has 0 spiro atoms. The highest BCUT2D eigenvalue weighted by Gasteiger charge is 2.16. The van der Waals surface area contributed by atoms with Gasteiger partial charge in [0.1, 0.15) is 0 Å². The number of hydrogen-bond acceptors (Lipinski definition) is 0. The molecular formula is C8H15O. The van der Waals surface area contributed by atoms with Gasteiger partial charge in [0, 0.05) is 0 Å². The third-order valence-corrected chi connectivity index (χ3v) is 2.14. The third-order valence-electron chi connectivity index (χ3n) is 2.14. The Labute approximate surface area is 57.1 Å². The lowest BCUT2D eigenvalue weighted by Crippen LogP contribution is -2.04. The van der Waals surface area contributed by atoms with Crippen LogP contribution < -0.4 is 0 Å². The van der Waals surface area contributed by atoms with Gasteiger partial charge in [0.05, 0.1) is 6.10 Å². The first kappa shape index (κ1) is 7.07. The van der Waals surface area contributed by atoms with Crippen molar-refractivity contribution in [1.29, 1.82) is 0 Å². The fourth-order valence-electron chi connectivity index (χ4n) is 1.72. The zero-order valence-electron chi connectivity index (χ0n) is 6.10. The van der Waals surface area contributed by atoms with Crippen LogP contribution in [0.15, 0.2) is 0 Å². The molecular weight excluding hydrogens is 112 g/mol. The highest BCUT2D eigenvalue weighted by molar-refractivity contribution is 4.68. The Hall–Kier alpha value is -0.0400. The van der Waals surface area contributed by atoms with Crippen molar-refractivity contribution in [3.05, 3.63) is 0 Å². The van der Waals surface area contributed by atoms with Gasteiger partial charge in [0.15, 0.2) is 0 Å². The number of hydrogen-bond donors (Lipinski definition) is 0. The van der Waals surface area contributed by atoms with E-state index in [0.717, 1.165) is 12.3 Å². The Morgan fingerprint density at radius 1 is 1.44 bits per heavy atom. The molecule has 1 aliphatic carbocycles. The van der Waals surface area contributed by atoms with E-state index in [1.54, 1.807) is 6.92 Å². The summed E-state index contributed by atoms with van der Waals surface area (Å²) in [5.74, 6) is 0.775. The van der Waals surface area contributed by atoms with E-state index in [0.29, 0.717) is 0 Å². The first-order valence-electron chi connectivity index (χ1n) is 3.95. The molecule has 53 valence electrons. The molecule has 0 amide bonds. The Balaban J connectivity index is 2.11. The first-order valence-corrected chi connectivity index (χ1v) is 3.95. The maximum Gasteiger partial charge on any atom is 0.0904 e. The predicted molar refractivity (Wildman–Crippen MR) is 36.7 cm³/mol. The monoisotopic (exact) mass is 127 g/mol. The van der Waals surface area contributed by atoms with Crippen molar-refractivity contribution in [2.45, 2.75) is 45.1 Å². The first-order chi connectivity index (χ1) is 4.29. The molecule has 0 aromatic carbocycles. The van der Waals surface area contributed by atoms with Crippen LogP contribution >= 0.6 is 0 Å². The molecule has 1 rings (SSSR count). The SMILES string of the molecule is CC([O])CC1CCCC1.